The van der Waals surface area contributed by atoms with Crippen LogP contribution in [0.2, 0.25) is 0 Å². The van der Waals surface area contributed by atoms with E-state index in [-0.39, 0.29) is 5.75 Å². The minimum Gasteiger partial charge on any atom is -0.508 e. The highest BCUT2D eigenvalue weighted by Crippen LogP contribution is 2.20. The van der Waals surface area contributed by atoms with Crippen molar-refractivity contribution in [1.82, 2.24) is 5.32 Å². The number of halogens is 1. The summed E-state index contributed by atoms with van der Waals surface area (Å²) in [4.78, 5) is 0. The number of hydrogen-bond donors (Lipinski definition) is 2. The molecular weight excluding hydrogens is 257 g/mol. The standard InChI is InChI=1S/C16H24FNO2/c17-14-9-13(10-15(19)11-14)12-18-7-4-8-20-16-5-2-1-3-6-16/h9-11,16,18-19H,1-8,12H2. The predicted molar refractivity (Wildman–Crippen MR) is 77.2 cm³/mol. The topological polar surface area (TPSA) is 41.5 Å². The maximum Gasteiger partial charge on any atom is 0.127 e. The molecule has 0 heterocycles. The number of phenols is 1. The van der Waals surface area contributed by atoms with Crippen molar-refractivity contribution in [1.29, 1.82) is 0 Å². The van der Waals surface area contributed by atoms with Gasteiger partial charge in [0.2, 0.25) is 0 Å². The molecule has 0 aromatic heterocycles. The first-order chi connectivity index (χ1) is 9.74. The Balaban J connectivity index is 1.54. The van der Waals surface area contributed by atoms with Crippen LogP contribution in [0.3, 0.4) is 0 Å². The van der Waals surface area contributed by atoms with E-state index in [1.165, 1.54) is 38.2 Å². The van der Waals surface area contributed by atoms with Gasteiger partial charge in [-0.25, -0.2) is 4.39 Å². The molecule has 1 aliphatic rings. The molecule has 4 heteroatoms. The molecule has 1 aromatic carbocycles. The van der Waals surface area contributed by atoms with E-state index in [1.807, 2.05) is 0 Å². The highest BCUT2D eigenvalue weighted by Gasteiger charge is 2.12. The third-order valence-electron chi connectivity index (χ3n) is 3.68. The van der Waals surface area contributed by atoms with E-state index >= 15 is 0 Å². The van der Waals surface area contributed by atoms with Crippen LogP contribution in [0.15, 0.2) is 18.2 Å². The lowest BCUT2D eigenvalue weighted by molar-refractivity contribution is 0.0273. The molecule has 0 unspecified atom stereocenters. The van der Waals surface area contributed by atoms with Gasteiger partial charge in [-0.05, 0) is 43.5 Å². The van der Waals surface area contributed by atoms with Crippen LogP contribution < -0.4 is 5.32 Å². The SMILES string of the molecule is Oc1cc(F)cc(CNCCCOC2CCCCC2)c1. The van der Waals surface area contributed by atoms with Gasteiger partial charge < -0.3 is 15.2 Å². The Hall–Kier alpha value is -1.13. The minimum absolute atomic E-state index is 0.0255. The summed E-state index contributed by atoms with van der Waals surface area (Å²) in [6.45, 7) is 2.19. The van der Waals surface area contributed by atoms with Gasteiger partial charge in [-0.15, -0.1) is 0 Å². The normalized spacial score (nSPS) is 16.4. The largest absolute Gasteiger partial charge is 0.508 e. The fraction of sp³-hybridized carbons (Fsp3) is 0.625. The summed E-state index contributed by atoms with van der Waals surface area (Å²) in [5.41, 5.74) is 0.760. The summed E-state index contributed by atoms with van der Waals surface area (Å²) in [6, 6.07) is 4.13. The van der Waals surface area contributed by atoms with Crippen molar-refractivity contribution in [3.63, 3.8) is 0 Å². The van der Waals surface area contributed by atoms with E-state index in [2.05, 4.69) is 5.32 Å². The highest BCUT2D eigenvalue weighted by atomic mass is 19.1. The van der Waals surface area contributed by atoms with Gasteiger partial charge in [0, 0.05) is 19.2 Å². The van der Waals surface area contributed by atoms with E-state index in [0.29, 0.717) is 12.6 Å². The van der Waals surface area contributed by atoms with E-state index in [0.717, 1.165) is 31.2 Å². The van der Waals surface area contributed by atoms with Crippen LogP contribution in [0.5, 0.6) is 5.75 Å². The monoisotopic (exact) mass is 281 g/mol. The van der Waals surface area contributed by atoms with Gasteiger partial charge in [0.1, 0.15) is 11.6 Å². The fourth-order valence-corrected chi connectivity index (χ4v) is 2.65. The number of rotatable bonds is 7. The van der Waals surface area contributed by atoms with Gasteiger partial charge in [-0.3, -0.25) is 0 Å². The summed E-state index contributed by atoms with van der Waals surface area (Å²) < 4.78 is 18.9. The number of hydrogen-bond acceptors (Lipinski definition) is 3. The molecule has 0 atom stereocenters. The molecule has 1 aliphatic carbocycles. The average molecular weight is 281 g/mol. The lowest BCUT2D eigenvalue weighted by Gasteiger charge is -2.21. The molecule has 0 aliphatic heterocycles. The van der Waals surface area contributed by atoms with Crippen LogP contribution in [-0.4, -0.2) is 24.4 Å². The Morgan fingerprint density at radius 1 is 1.20 bits per heavy atom. The van der Waals surface area contributed by atoms with Gasteiger partial charge in [0.25, 0.3) is 0 Å². The smallest absolute Gasteiger partial charge is 0.127 e. The van der Waals surface area contributed by atoms with Crippen LogP contribution in [0.4, 0.5) is 4.39 Å². The van der Waals surface area contributed by atoms with Gasteiger partial charge in [0.15, 0.2) is 0 Å². The van der Waals surface area contributed by atoms with Crippen LogP contribution in [-0.2, 0) is 11.3 Å². The maximum absolute atomic E-state index is 13.1. The first kappa shape index (κ1) is 15.3. The molecule has 1 aromatic rings. The summed E-state index contributed by atoms with van der Waals surface area (Å²) in [5, 5.41) is 12.5. The van der Waals surface area contributed by atoms with Crippen LogP contribution in [0.1, 0.15) is 44.1 Å². The van der Waals surface area contributed by atoms with Gasteiger partial charge in [0.05, 0.1) is 6.10 Å². The quantitative estimate of drug-likeness (QED) is 0.753. The second kappa shape index (κ2) is 8.22. The Morgan fingerprint density at radius 2 is 2.00 bits per heavy atom. The molecular formula is C16H24FNO2. The predicted octanol–water partition coefficient (Wildman–Crippen LogP) is 3.36. The lowest BCUT2D eigenvalue weighted by Crippen LogP contribution is -2.20. The van der Waals surface area contributed by atoms with Crippen molar-refractivity contribution in [3.8, 4) is 5.75 Å². The average Bonchev–Trinajstić information content (AvgIpc) is 2.43. The van der Waals surface area contributed by atoms with Crippen molar-refractivity contribution in [3.05, 3.63) is 29.6 Å². The van der Waals surface area contributed by atoms with E-state index in [9.17, 15) is 9.50 Å². The molecule has 2 N–H and O–H groups in total. The molecule has 2 rings (SSSR count). The molecule has 0 spiro atoms. The van der Waals surface area contributed by atoms with E-state index in [4.69, 9.17) is 4.74 Å². The zero-order chi connectivity index (χ0) is 14.2. The van der Waals surface area contributed by atoms with Crippen molar-refractivity contribution >= 4 is 0 Å². The van der Waals surface area contributed by atoms with Crippen molar-refractivity contribution in [2.45, 2.75) is 51.2 Å². The summed E-state index contributed by atoms with van der Waals surface area (Å²) in [6.07, 6.45) is 7.77. The van der Waals surface area contributed by atoms with E-state index in [1.54, 1.807) is 6.07 Å². The van der Waals surface area contributed by atoms with Gasteiger partial charge >= 0.3 is 0 Å². The molecule has 0 amide bonds. The molecule has 0 bridgehead atoms. The fourth-order valence-electron chi connectivity index (χ4n) is 2.65. The van der Waals surface area contributed by atoms with Gasteiger partial charge in [-0.2, -0.15) is 0 Å². The van der Waals surface area contributed by atoms with Gasteiger partial charge in [-0.1, -0.05) is 19.3 Å². The Kier molecular flexibility index (Phi) is 6.27. The Labute approximate surface area is 120 Å². The number of phenolic OH excluding ortho intramolecular Hbond substituents is 1. The second-order valence-electron chi connectivity index (χ2n) is 5.48. The third kappa shape index (κ3) is 5.47. The molecule has 0 saturated heterocycles. The Morgan fingerprint density at radius 3 is 2.75 bits per heavy atom. The highest BCUT2D eigenvalue weighted by molar-refractivity contribution is 5.28. The first-order valence-electron chi connectivity index (χ1n) is 7.55. The zero-order valence-electron chi connectivity index (χ0n) is 11.9. The Bertz CT molecular complexity index is 385. The van der Waals surface area contributed by atoms with Crippen molar-refractivity contribution < 1.29 is 14.2 Å². The van der Waals surface area contributed by atoms with Crippen molar-refractivity contribution in [2.24, 2.45) is 0 Å². The molecule has 0 radical (unpaired) electrons. The third-order valence-corrected chi connectivity index (χ3v) is 3.68. The first-order valence-corrected chi connectivity index (χ1v) is 7.55. The molecule has 112 valence electrons. The minimum atomic E-state index is -0.401. The summed E-state index contributed by atoms with van der Waals surface area (Å²) in [7, 11) is 0. The summed E-state index contributed by atoms with van der Waals surface area (Å²) >= 11 is 0. The lowest BCUT2D eigenvalue weighted by atomic mass is 9.98. The number of ether oxygens (including phenoxy) is 1. The molecule has 1 fully saturated rings. The van der Waals surface area contributed by atoms with Crippen LogP contribution in [0, 0.1) is 5.82 Å². The van der Waals surface area contributed by atoms with E-state index < -0.39 is 5.82 Å². The number of nitrogens with one attached hydrogen (secondary N) is 1. The zero-order valence-corrected chi connectivity index (χ0v) is 11.9. The van der Waals surface area contributed by atoms with Crippen LogP contribution >= 0.6 is 0 Å². The second-order valence-corrected chi connectivity index (χ2v) is 5.48. The maximum atomic E-state index is 13.1. The molecule has 20 heavy (non-hydrogen) atoms. The molecule has 3 nitrogen and oxygen atoms in total. The number of aromatic hydroxyl groups is 1. The van der Waals surface area contributed by atoms with Crippen LogP contribution in [0.25, 0.3) is 0 Å². The van der Waals surface area contributed by atoms with Crippen molar-refractivity contribution in [2.75, 3.05) is 13.2 Å². The number of benzene rings is 1. The molecule has 1 saturated carbocycles. The summed E-state index contributed by atoms with van der Waals surface area (Å²) in [5.74, 6) is -0.426.